The SMILES string of the molecule is CCCCCCCC(O)c1ccc(Nc2ccccc2)cc1. The molecule has 0 heterocycles. The van der Waals surface area contributed by atoms with E-state index in [1.54, 1.807) is 0 Å². The molecule has 0 radical (unpaired) electrons. The third kappa shape index (κ3) is 5.53. The van der Waals surface area contributed by atoms with Crippen molar-refractivity contribution in [1.29, 1.82) is 0 Å². The van der Waals surface area contributed by atoms with Crippen LogP contribution in [0.5, 0.6) is 0 Å². The van der Waals surface area contributed by atoms with E-state index >= 15 is 0 Å². The van der Waals surface area contributed by atoms with E-state index < -0.39 is 0 Å². The van der Waals surface area contributed by atoms with Gasteiger partial charge >= 0.3 is 0 Å². The number of anilines is 2. The second kappa shape index (κ2) is 9.26. The Hall–Kier alpha value is -1.80. The summed E-state index contributed by atoms with van der Waals surface area (Å²) in [4.78, 5) is 0. The number of rotatable bonds is 9. The topological polar surface area (TPSA) is 32.3 Å². The average molecular weight is 297 g/mol. The fourth-order valence-corrected chi connectivity index (χ4v) is 2.58. The monoisotopic (exact) mass is 297 g/mol. The smallest absolute Gasteiger partial charge is 0.0790 e. The third-order valence-corrected chi connectivity index (χ3v) is 3.94. The quantitative estimate of drug-likeness (QED) is 0.571. The van der Waals surface area contributed by atoms with Gasteiger partial charge in [-0.15, -0.1) is 0 Å². The molecule has 22 heavy (non-hydrogen) atoms. The van der Waals surface area contributed by atoms with Crippen LogP contribution in [0.4, 0.5) is 11.4 Å². The predicted octanol–water partition coefficient (Wildman–Crippen LogP) is 5.82. The van der Waals surface area contributed by atoms with E-state index in [1.165, 1.54) is 25.7 Å². The minimum absolute atomic E-state index is 0.340. The molecule has 0 aliphatic heterocycles. The Bertz CT molecular complexity index is 521. The molecule has 1 atom stereocenters. The van der Waals surface area contributed by atoms with Crippen LogP contribution in [0, 0.1) is 0 Å². The van der Waals surface area contributed by atoms with E-state index in [9.17, 15) is 5.11 Å². The molecule has 0 saturated carbocycles. The van der Waals surface area contributed by atoms with Gasteiger partial charge < -0.3 is 10.4 Å². The first-order chi connectivity index (χ1) is 10.8. The number of nitrogens with one attached hydrogen (secondary N) is 1. The minimum Gasteiger partial charge on any atom is -0.388 e. The van der Waals surface area contributed by atoms with Crippen molar-refractivity contribution in [3.63, 3.8) is 0 Å². The molecule has 0 amide bonds. The number of benzene rings is 2. The van der Waals surface area contributed by atoms with Gasteiger partial charge in [-0.25, -0.2) is 0 Å². The summed E-state index contributed by atoms with van der Waals surface area (Å²) in [5.74, 6) is 0. The molecule has 2 nitrogen and oxygen atoms in total. The first-order valence-electron chi connectivity index (χ1n) is 8.39. The van der Waals surface area contributed by atoms with Gasteiger partial charge in [0.1, 0.15) is 0 Å². The lowest BCUT2D eigenvalue weighted by molar-refractivity contribution is 0.163. The van der Waals surface area contributed by atoms with Crippen LogP contribution in [-0.2, 0) is 0 Å². The molecule has 0 aliphatic carbocycles. The zero-order valence-electron chi connectivity index (χ0n) is 13.5. The second-order valence-corrected chi connectivity index (χ2v) is 5.83. The van der Waals surface area contributed by atoms with Crippen LogP contribution in [0.15, 0.2) is 54.6 Å². The highest BCUT2D eigenvalue weighted by Gasteiger charge is 2.07. The number of hydrogen-bond acceptors (Lipinski definition) is 2. The van der Waals surface area contributed by atoms with Crippen molar-refractivity contribution >= 4 is 11.4 Å². The second-order valence-electron chi connectivity index (χ2n) is 5.83. The van der Waals surface area contributed by atoms with Crippen LogP contribution < -0.4 is 5.32 Å². The van der Waals surface area contributed by atoms with Crippen LogP contribution in [0.3, 0.4) is 0 Å². The summed E-state index contributed by atoms with van der Waals surface area (Å²) in [7, 11) is 0. The predicted molar refractivity (Wildman–Crippen MR) is 94.5 cm³/mol. The molecule has 0 aromatic heterocycles. The Morgan fingerprint density at radius 1 is 0.818 bits per heavy atom. The standard InChI is InChI=1S/C20H27NO/c1-2-3-4-5-9-12-20(22)17-13-15-19(16-14-17)21-18-10-7-6-8-11-18/h6-8,10-11,13-16,20-22H,2-5,9,12H2,1H3. The molecular formula is C20H27NO. The molecular weight excluding hydrogens is 270 g/mol. The van der Waals surface area contributed by atoms with E-state index in [0.717, 1.165) is 29.8 Å². The Balaban J connectivity index is 1.80. The number of hydrogen-bond donors (Lipinski definition) is 2. The molecule has 2 aromatic rings. The van der Waals surface area contributed by atoms with Crippen molar-refractivity contribution in [3.8, 4) is 0 Å². The lowest BCUT2D eigenvalue weighted by atomic mass is 10.0. The third-order valence-electron chi connectivity index (χ3n) is 3.94. The molecule has 2 N–H and O–H groups in total. The summed E-state index contributed by atoms with van der Waals surface area (Å²) < 4.78 is 0. The zero-order valence-corrected chi connectivity index (χ0v) is 13.5. The maximum absolute atomic E-state index is 10.2. The number of para-hydroxylation sites is 1. The van der Waals surface area contributed by atoms with Crippen LogP contribution >= 0.6 is 0 Å². The van der Waals surface area contributed by atoms with E-state index in [1.807, 2.05) is 54.6 Å². The van der Waals surface area contributed by atoms with Crippen molar-refractivity contribution in [3.05, 3.63) is 60.2 Å². The summed E-state index contributed by atoms with van der Waals surface area (Å²) in [5.41, 5.74) is 3.13. The van der Waals surface area contributed by atoms with E-state index in [4.69, 9.17) is 0 Å². The molecule has 118 valence electrons. The summed E-state index contributed by atoms with van der Waals surface area (Å²) in [6, 6.07) is 18.2. The van der Waals surface area contributed by atoms with Crippen LogP contribution in [-0.4, -0.2) is 5.11 Å². The molecule has 2 rings (SSSR count). The fraction of sp³-hybridized carbons (Fsp3) is 0.400. The normalized spacial score (nSPS) is 12.1. The first-order valence-corrected chi connectivity index (χ1v) is 8.39. The van der Waals surface area contributed by atoms with Gasteiger partial charge in [0, 0.05) is 11.4 Å². The Labute approximate surface area is 134 Å². The Kier molecular flexibility index (Phi) is 6.98. The Morgan fingerprint density at radius 2 is 1.45 bits per heavy atom. The van der Waals surface area contributed by atoms with Gasteiger partial charge in [0.05, 0.1) is 6.10 Å². The highest BCUT2D eigenvalue weighted by Crippen LogP contribution is 2.23. The molecule has 2 heteroatoms. The number of unbranched alkanes of at least 4 members (excludes halogenated alkanes) is 4. The molecule has 0 aliphatic rings. The van der Waals surface area contributed by atoms with Gasteiger partial charge in [-0.05, 0) is 36.2 Å². The molecule has 0 saturated heterocycles. The summed E-state index contributed by atoms with van der Waals surface area (Å²) in [5, 5.41) is 13.6. The summed E-state index contributed by atoms with van der Waals surface area (Å²) in [6.07, 6.45) is 6.68. The van der Waals surface area contributed by atoms with Crippen molar-refractivity contribution < 1.29 is 5.11 Å². The molecule has 0 bridgehead atoms. The molecule has 2 aromatic carbocycles. The van der Waals surface area contributed by atoms with Crippen molar-refractivity contribution in [1.82, 2.24) is 0 Å². The number of aliphatic hydroxyl groups excluding tert-OH is 1. The van der Waals surface area contributed by atoms with Gasteiger partial charge in [0.2, 0.25) is 0 Å². The molecule has 0 fully saturated rings. The van der Waals surface area contributed by atoms with Gasteiger partial charge in [-0.2, -0.15) is 0 Å². The first kappa shape index (κ1) is 16.6. The van der Waals surface area contributed by atoms with E-state index in [2.05, 4.69) is 12.2 Å². The van der Waals surface area contributed by atoms with Crippen LogP contribution in [0.2, 0.25) is 0 Å². The van der Waals surface area contributed by atoms with Crippen molar-refractivity contribution in [2.75, 3.05) is 5.32 Å². The maximum atomic E-state index is 10.2. The van der Waals surface area contributed by atoms with Gasteiger partial charge in [0.15, 0.2) is 0 Å². The van der Waals surface area contributed by atoms with Gasteiger partial charge in [0.25, 0.3) is 0 Å². The summed E-state index contributed by atoms with van der Waals surface area (Å²) >= 11 is 0. The molecule has 0 spiro atoms. The minimum atomic E-state index is -0.340. The highest BCUT2D eigenvalue weighted by molar-refractivity contribution is 5.59. The lowest BCUT2D eigenvalue weighted by Crippen LogP contribution is -1.98. The summed E-state index contributed by atoms with van der Waals surface area (Å²) in [6.45, 7) is 2.22. The Morgan fingerprint density at radius 3 is 2.14 bits per heavy atom. The fourth-order valence-electron chi connectivity index (χ4n) is 2.58. The van der Waals surface area contributed by atoms with Crippen LogP contribution in [0.25, 0.3) is 0 Å². The van der Waals surface area contributed by atoms with Gasteiger partial charge in [-0.1, -0.05) is 69.4 Å². The van der Waals surface area contributed by atoms with Gasteiger partial charge in [-0.3, -0.25) is 0 Å². The lowest BCUT2D eigenvalue weighted by Gasteiger charge is -2.12. The molecule has 1 unspecified atom stereocenters. The number of aliphatic hydroxyl groups is 1. The van der Waals surface area contributed by atoms with E-state index in [-0.39, 0.29) is 6.10 Å². The van der Waals surface area contributed by atoms with Crippen molar-refractivity contribution in [2.24, 2.45) is 0 Å². The van der Waals surface area contributed by atoms with E-state index in [0.29, 0.717) is 0 Å². The maximum Gasteiger partial charge on any atom is 0.0790 e. The highest BCUT2D eigenvalue weighted by atomic mass is 16.3. The zero-order chi connectivity index (χ0) is 15.6. The van der Waals surface area contributed by atoms with Crippen LogP contribution in [0.1, 0.15) is 57.1 Å². The average Bonchev–Trinajstić information content (AvgIpc) is 2.56. The van der Waals surface area contributed by atoms with Crippen molar-refractivity contribution in [2.45, 2.75) is 51.6 Å². The largest absolute Gasteiger partial charge is 0.388 e.